The van der Waals surface area contributed by atoms with Gasteiger partial charge >= 0.3 is 0 Å². The highest BCUT2D eigenvalue weighted by molar-refractivity contribution is 9.10. The van der Waals surface area contributed by atoms with Gasteiger partial charge in [0.25, 0.3) is 0 Å². The van der Waals surface area contributed by atoms with Crippen LogP contribution >= 0.6 is 39.7 Å². The average Bonchev–Trinajstić information content (AvgIpc) is 1.98. The van der Waals surface area contributed by atoms with E-state index in [-0.39, 0.29) is 0 Å². The van der Waals surface area contributed by atoms with Gasteiger partial charge in [0.15, 0.2) is 0 Å². The van der Waals surface area contributed by atoms with Crippen molar-refractivity contribution in [1.29, 1.82) is 0 Å². The summed E-state index contributed by atoms with van der Waals surface area (Å²) >= 11 is 13.3. The molecule has 1 rings (SSSR count). The van der Waals surface area contributed by atoms with Crippen LogP contribution in [0.1, 0.15) is 0 Å². The Hall–Kier alpha value is -0.280. The molecular weight excluding hydrogens is 248 g/mol. The molecular formula is C6H2BrClN2S. The van der Waals surface area contributed by atoms with Crippen LogP contribution in [0.4, 0.5) is 5.69 Å². The fourth-order valence-corrected chi connectivity index (χ4v) is 1.10. The minimum atomic E-state index is 0.525. The van der Waals surface area contributed by atoms with Crippen LogP contribution in [0.15, 0.2) is 21.9 Å². The van der Waals surface area contributed by atoms with E-state index in [0.717, 1.165) is 0 Å². The van der Waals surface area contributed by atoms with Crippen LogP contribution in [0.5, 0.6) is 0 Å². The first kappa shape index (κ1) is 8.81. The molecule has 1 aromatic heterocycles. The Labute approximate surface area is 82.4 Å². The molecule has 0 aliphatic heterocycles. The molecule has 0 bridgehead atoms. The standard InChI is InChI=1S/C6H2BrClN2S/c7-6-5(10-3-11)1-4(8)2-9-6/h1-2H. The van der Waals surface area contributed by atoms with Gasteiger partial charge in [0.1, 0.15) is 10.3 Å². The van der Waals surface area contributed by atoms with Crippen LogP contribution in [0, 0.1) is 0 Å². The van der Waals surface area contributed by atoms with E-state index in [2.05, 4.69) is 43.3 Å². The minimum absolute atomic E-state index is 0.525. The molecule has 1 heterocycles. The number of nitrogens with zero attached hydrogens (tertiary/aromatic N) is 2. The van der Waals surface area contributed by atoms with Crippen molar-refractivity contribution in [2.45, 2.75) is 0 Å². The Balaban J connectivity index is 3.22. The van der Waals surface area contributed by atoms with E-state index in [1.165, 1.54) is 6.20 Å². The Morgan fingerprint density at radius 1 is 1.73 bits per heavy atom. The lowest BCUT2D eigenvalue weighted by Gasteiger charge is -1.94. The van der Waals surface area contributed by atoms with Crippen LogP contribution in [0.3, 0.4) is 0 Å². The number of rotatable bonds is 1. The zero-order chi connectivity index (χ0) is 8.27. The Morgan fingerprint density at radius 3 is 3.09 bits per heavy atom. The van der Waals surface area contributed by atoms with E-state index in [4.69, 9.17) is 11.6 Å². The van der Waals surface area contributed by atoms with Crippen molar-refractivity contribution in [2.75, 3.05) is 0 Å². The Morgan fingerprint density at radius 2 is 2.45 bits per heavy atom. The third-order valence-electron chi connectivity index (χ3n) is 0.953. The molecule has 0 radical (unpaired) electrons. The monoisotopic (exact) mass is 248 g/mol. The van der Waals surface area contributed by atoms with Gasteiger partial charge in [-0.3, -0.25) is 0 Å². The van der Waals surface area contributed by atoms with Gasteiger partial charge in [0, 0.05) is 6.20 Å². The molecule has 0 saturated carbocycles. The topological polar surface area (TPSA) is 25.2 Å². The Bertz CT molecular complexity index is 322. The van der Waals surface area contributed by atoms with Gasteiger partial charge in [-0.15, -0.1) is 0 Å². The first-order valence-electron chi connectivity index (χ1n) is 2.63. The van der Waals surface area contributed by atoms with Gasteiger partial charge in [-0.2, -0.15) is 4.99 Å². The van der Waals surface area contributed by atoms with Crippen molar-refractivity contribution in [3.63, 3.8) is 0 Å². The van der Waals surface area contributed by atoms with Gasteiger partial charge in [0.05, 0.1) is 10.2 Å². The van der Waals surface area contributed by atoms with Crippen molar-refractivity contribution in [1.82, 2.24) is 4.98 Å². The van der Waals surface area contributed by atoms with Gasteiger partial charge in [-0.25, -0.2) is 4.98 Å². The summed E-state index contributed by atoms with van der Waals surface area (Å²) in [6.45, 7) is 0. The lowest BCUT2D eigenvalue weighted by molar-refractivity contribution is 1.26. The smallest absolute Gasteiger partial charge is 0.132 e. The maximum absolute atomic E-state index is 5.65. The highest BCUT2D eigenvalue weighted by Crippen LogP contribution is 2.25. The fourth-order valence-electron chi connectivity index (χ4n) is 0.539. The molecule has 56 valence electrons. The molecule has 0 aliphatic rings. The first-order chi connectivity index (χ1) is 5.24. The van der Waals surface area contributed by atoms with Gasteiger partial charge in [-0.05, 0) is 34.2 Å². The van der Waals surface area contributed by atoms with Gasteiger partial charge < -0.3 is 0 Å². The minimum Gasteiger partial charge on any atom is -0.245 e. The third-order valence-corrected chi connectivity index (χ3v) is 1.86. The van der Waals surface area contributed by atoms with E-state index in [1.54, 1.807) is 6.07 Å². The van der Waals surface area contributed by atoms with Crippen molar-refractivity contribution in [2.24, 2.45) is 4.99 Å². The summed E-state index contributed by atoms with van der Waals surface area (Å²) in [5, 5.41) is 2.76. The maximum atomic E-state index is 5.65. The zero-order valence-electron chi connectivity index (χ0n) is 5.21. The first-order valence-corrected chi connectivity index (χ1v) is 4.21. The van der Waals surface area contributed by atoms with E-state index in [1.807, 2.05) is 0 Å². The van der Waals surface area contributed by atoms with Crippen molar-refractivity contribution in [3.8, 4) is 0 Å². The van der Waals surface area contributed by atoms with Crippen LogP contribution in [0.25, 0.3) is 0 Å². The molecule has 0 saturated heterocycles. The highest BCUT2D eigenvalue weighted by Gasteiger charge is 1.98. The lowest BCUT2D eigenvalue weighted by Crippen LogP contribution is -1.74. The van der Waals surface area contributed by atoms with Gasteiger partial charge in [-0.1, -0.05) is 11.6 Å². The number of aliphatic imine (C=N–C) groups is 1. The van der Waals surface area contributed by atoms with Crippen molar-refractivity contribution >= 4 is 50.6 Å². The summed E-state index contributed by atoms with van der Waals surface area (Å²) in [5.74, 6) is 0. The molecule has 2 nitrogen and oxygen atoms in total. The fraction of sp³-hybridized carbons (Fsp3) is 0. The molecule has 0 spiro atoms. The second-order valence-electron chi connectivity index (χ2n) is 1.67. The molecule has 0 amide bonds. The van der Waals surface area contributed by atoms with E-state index < -0.39 is 0 Å². The maximum Gasteiger partial charge on any atom is 0.132 e. The summed E-state index contributed by atoms with van der Waals surface area (Å²) in [5.41, 5.74) is 0.590. The molecule has 0 aliphatic carbocycles. The van der Waals surface area contributed by atoms with Crippen LogP contribution in [-0.4, -0.2) is 10.1 Å². The third kappa shape index (κ3) is 2.34. The summed E-state index contributed by atoms with van der Waals surface area (Å²) in [7, 11) is 0. The number of hydrogen-bond acceptors (Lipinski definition) is 3. The molecule has 5 heteroatoms. The van der Waals surface area contributed by atoms with E-state index >= 15 is 0 Å². The summed E-state index contributed by atoms with van der Waals surface area (Å²) in [6.07, 6.45) is 1.52. The SMILES string of the molecule is S=C=Nc1cc(Cl)cnc1Br. The normalized spacial score (nSPS) is 8.91. The lowest BCUT2D eigenvalue weighted by atomic mass is 10.4. The molecule has 0 atom stereocenters. The summed E-state index contributed by atoms with van der Waals surface area (Å²) < 4.78 is 0.610. The van der Waals surface area contributed by atoms with Crippen molar-refractivity contribution in [3.05, 3.63) is 21.9 Å². The van der Waals surface area contributed by atoms with E-state index in [9.17, 15) is 0 Å². The predicted octanol–water partition coefficient (Wildman–Crippen LogP) is 3.23. The number of hydrogen-bond donors (Lipinski definition) is 0. The van der Waals surface area contributed by atoms with E-state index in [0.29, 0.717) is 15.3 Å². The molecule has 0 fully saturated rings. The summed E-state index contributed by atoms with van der Waals surface area (Å²) in [6, 6.07) is 1.65. The molecule has 0 unspecified atom stereocenters. The number of halogens is 2. The highest BCUT2D eigenvalue weighted by atomic mass is 79.9. The molecule has 0 aromatic carbocycles. The van der Waals surface area contributed by atoms with Gasteiger partial charge in [0.2, 0.25) is 0 Å². The number of thiocarbonyl (C=S) groups is 1. The average molecular weight is 250 g/mol. The second kappa shape index (κ2) is 3.93. The Kier molecular flexibility index (Phi) is 3.15. The molecule has 1 aromatic rings. The number of aromatic nitrogens is 1. The summed E-state index contributed by atoms with van der Waals surface area (Å²) in [4.78, 5) is 7.64. The predicted molar refractivity (Wildman–Crippen MR) is 51.6 cm³/mol. The largest absolute Gasteiger partial charge is 0.245 e. The molecule has 11 heavy (non-hydrogen) atoms. The number of isothiocyanates is 1. The number of pyridine rings is 1. The van der Waals surface area contributed by atoms with Crippen molar-refractivity contribution < 1.29 is 0 Å². The van der Waals surface area contributed by atoms with Crippen LogP contribution in [-0.2, 0) is 0 Å². The van der Waals surface area contributed by atoms with Crippen LogP contribution in [0.2, 0.25) is 5.02 Å². The second-order valence-corrected chi connectivity index (χ2v) is 3.04. The van der Waals surface area contributed by atoms with Crippen LogP contribution < -0.4 is 0 Å². The molecule has 0 N–H and O–H groups in total. The quantitative estimate of drug-likeness (QED) is 0.434. The zero-order valence-corrected chi connectivity index (χ0v) is 8.37.